The number of guanidine groups is 1. The summed E-state index contributed by atoms with van der Waals surface area (Å²) in [4.78, 5) is 6.51. The second-order valence-electron chi connectivity index (χ2n) is 4.98. The highest BCUT2D eigenvalue weighted by molar-refractivity contribution is 14.0. The Bertz CT molecular complexity index is 256. The maximum atomic E-state index is 5.31. The van der Waals surface area contributed by atoms with Gasteiger partial charge in [-0.2, -0.15) is 0 Å². The van der Waals surface area contributed by atoms with Crippen LogP contribution in [0.1, 0.15) is 26.2 Å². The van der Waals surface area contributed by atoms with E-state index in [0.29, 0.717) is 0 Å². The van der Waals surface area contributed by atoms with Crippen molar-refractivity contribution in [2.75, 3.05) is 67.2 Å². The van der Waals surface area contributed by atoms with Gasteiger partial charge < -0.3 is 25.0 Å². The van der Waals surface area contributed by atoms with Crippen LogP contribution < -0.4 is 10.6 Å². The summed E-state index contributed by atoms with van der Waals surface area (Å²) in [5.74, 6) is 0.872. The maximum absolute atomic E-state index is 5.31. The number of ether oxygens (including phenoxy) is 2. The largest absolute Gasteiger partial charge is 0.385 e. The van der Waals surface area contributed by atoms with E-state index in [0.717, 1.165) is 71.2 Å². The van der Waals surface area contributed by atoms with Gasteiger partial charge in [-0.05, 0) is 33.2 Å². The first-order chi connectivity index (χ1) is 10.2. The lowest BCUT2D eigenvalue weighted by atomic mass is 10.3. The predicted octanol–water partition coefficient (Wildman–Crippen LogP) is 1.55. The topological polar surface area (TPSA) is 58.1 Å². The average Bonchev–Trinajstić information content (AvgIpc) is 2.49. The Morgan fingerprint density at radius 2 is 1.77 bits per heavy atom. The lowest BCUT2D eigenvalue weighted by Crippen LogP contribution is -2.41. The second kappa shape index (κ2) is 18.9. The van der Waals surface area contributed by atoms with Crippen molar-refractivity contribution in [2.24, 2.45) is 4.99 Å². The smallest absolute Gasteiger partial charge is 0.191 e. The van der Waals surface area contributed by atoms with E-state index in [2.05, 4.69) is 27.6 Å². The molecule has 0 saturated heterocycles. The molecule has 0 aromatic rings. The first-order valence-corrected chi connectivity index (χ1v) is 7.94. The Morgan fingerprint density at radius 3 is 2.41 bits per heavy atom. The van der Waals surface area contributed by atoms with Crippen molar-refractivity contribution in [1.82, 2.24) is 15.5 Å². The van der Waals surface area contributed by atoms with Gasteiger partial charge in [0.15, 0.2) is 5.96 Å². The van der Waals surface area contributed by atoms with Gasteiger partial charge in [-0.15, -0.1) is 24.0 Å². The van der Waals surface area contributed by atoms with Crippen molar-refractivity contribution in [3.8, 4) is 0 Å². The fourth-order valence-corrected chi connectivity index (χ4v) is 1.86. The van der Waals surface area contributed by atoms with Gasteiger partial charge in [-0.1, -0.05) is 0 Å². The van der Waals surface area contributed by atoms with Gasteiger partial charge in [-0.25, -0.2) is 0 Å². The van der Waals surface area contributed by atoms with Crippen LogP contribution in [0.4, 0.5) is 0 Å². The molecule has 134 valence electrons. The zero-order valence-corrected chi connectivity index (χ0v) is 17.0. The summed E-state index contributed by atoms with van der Waals surface area (Å²) in [6.45, 7) is 8.36. The predicted molar refractivity (Wildman–Crippen MR) is 104 cm³/mol. The van der Waals surface area contributed by atoms with Gasteiger partial charge in [0, 0.05) is 60.2 Å². The molecule has 0 aliphatic rings. The lowest BCUT2D eigenvalue weighted by molar-refractivity contribution is 0.143. The van der Waals surface area contributed by atoms with Crippen LogP contribution in [0.3, 0.4) is 0 Å². The molecule has 0 rings (SSSR count). The first-order valence-electron chi connectivity index (χ1n) is 7.94. The molecule has 0 fully saturated rings. The van der Waals surface area contributed by atoms with Crippen molar-refractivity contribution in [1.29, 1.82) is 0 Å². The Labute approximate surface area is 153 Å². The van der Waals surface area contributed by atoms with Crippen molar-refractivity contribution in [2.45, 2.75) is 26.2 Å². The summed E-state index contributed by atoms with van der Waals surface area (Å²) in [5.41, 5.74) is 0. The van der Waals surface area contributed by atoms with Crippen molar-refractivity contribution >= 4 is 29.9 Å². The molecular formula is C15H35IN4O2. The van der Waals surface area contributed by atoms with Gasteiger partial charge in [0.2, 0.25) is 0 Å². The van der Waals surface area contributed by atoms with Gasteiger partial charge in [0.1, 0.15) is 0 Å². The van der Waals surface area contributed by atoms with E-state index < -0.39 is 0 Å². The molecule has 0 aromatic carbocycles. The van der Waals surface area contributed by atoms with Crippen molar-refractivity contribution in [3.05, 3.63) is 0 Å². The minimum atomic E-state index is 0. The molecule has 0 aliphatic heterocycles. The Morgan fingerprint density at radius 1 is 1.05 bits per heavy atom. The quantitative estimate of drug-likeness (QED) is 0.201. The summed E-state index contributed by atoms with van der Waals surface area (Å²) in [5, 5.41) is 6.64. The second-order valence-corrected chi connectivity index (χ2v) is 4.98. The molecule has 7 heteroatoms. The summed E-state index contributed by atoms with van der Waals surface area (Å²) >= 11 is 0. The van der Waals surface area contributed by atoms with E-state index in [4.69, 9.17) is 9.47 Å². The Balaban J connectivity index is 0. The molecule has 0 atom stereocenters. The molecule has 0 aliphatic carbocycles. The number of aliphatic imine (C=N–C) groups is 1. The first kappa shape index (κ1) is 24.1. The third-order valence-electron chi connectivity index (χ3n) is 3.11. The van der Waals surface area contributed by atoms with E-state index >= 15 is 0 Å². The third kappa shape index (κ3) is 16.3. The molecule has 0 amide bonds. The molecule has 6 nitrogen and oxygen atoms in total. The van der Waals surface area contributed by atoms with Gasteiger partial charge in [0.25, 0.3) is 0 Å². The Kier molecular flexibility index (Phi) is 20.8. The molecule has 0 saturated carbocycles. The van der Waals surface area contributed by atoms with Gasteiger partial charge in [-0.3, -0.25) is 4.99 Å². The van der Waals surface area contributed by atoms with Crippen LogP contribution in [0, 0.1) is 0 Å². The zero-order chi connectivity index (χ0) is 15.8. The number of likely N-dealkylation sites (N-methyl/N-ethyl adjacent to an activating group) is 1. The third-order valence-corrected chi connectivity index (χ3v) is 3.11. The van der Waals surface area contributed by atoms with Crippen LogP contribution in [0.2, 0.25) is 0 Å². The molecule has 2 N–H and O–H groups in total. The Hall–Kier alpha value is -0.120. The molecule has 0 bridgehead atoms. The number of methoxy groups -OCH3 is 1. The van der Waals surface area contributed by atoms with Crippen LogP contribution in [0.25, 0.3) is 0 Å². The van der Waals surface area contributed by atoms with Crippen LogP contribution in [-0.4, -0.2) is 78.1 Å². The number of hydrogen-bond donors (Lipinski definition) is 2. The van der Waals surface area contributed by atoms with Crippen LogP contribution in [0.15, 0.2) is 4.99 Å². The van der Waals surface area contributed by atoms with E-state index in [9.17, 15) is 0 Å². The summed E-state index contributed by atoms with van der Waals surface area (Å²) in [6, 6.07) is 0. The molecule has 0 aromatic heterocycles. The van der Waals surface area contributed by atoms with E-state index in [-0.39, 0.29) is 24.0 Å². The average molecular weight is 430 g/mol. The van der Waals surface area contributed by atoms with Crippen molar-refractivity contribution < 1.29 is 9.47 Å². The van der Waals surface area contributed by atoms with Crippen molar-refractivity contribution in [3.63, 3.8) is 0 Å². The standard InChI is InChI=1S/C15H34N4O2.HI/c1-5-21-14-7-6-9-17-15(16-2)18-10-12-19(3)11-8-13-20-4;/h5-14H2,1-4H3,(H2,16,17,18);1H. The molecule has 22 heavy (non-hydrogen) atoms. The zero-order valence-electron chi connectivity index (χ0n) is 14.7. The maximum Gasteiger partial charge on any atom is 0.191 e. The van der Waals surface area contributed by atoms with Gasteiger partial charge >= 0.3 is 0 Å². The number of hydrogen-bond acceptors (Lipinski definition) is 4. The SMILES string of the molecule is CCOCCCCNC(=NC)NCCN(C)CCCOC.I. The number of nitrogens with zero attached hydrogens (tertiary/aromatic N) is 2. The number of rotatable bonds is 13. The van der Waals surface area contributed by atoms with E-state index in [1.165, 1.54) is 0 Å². The normalized spacial score (nSPS) is 11.4. The number of nitrogens with one attached hydrogen (secondary N) is 2. The fourth-order valence-electron chi connectivity index (χ4n) is 1.86. The number of unbranched alkanes of at least 4 members (excludes halogenated alkanes) is 1. The van der Waals surface area contributed by atoms with Crippen LogP contribution in [0.5, 0.6) is 0 Å². The highest BCUT2D eigenvalue weighted by atomic mass is 127. The highest BCUT2D eigenvalue weighted by Gasteiger charge is 2.00. The molecule has 0 unspecified atom stereocenters. The monoisotopic (exact) mass is 430 g/mol. The summed E-state index contributed by atoms with van der Waals surface area (Å²) in [6.07, 6.45) is 3.25. The van der Waals surface area contributed by atoms with E-state index in [1.54, 1.807) is 14.2 Å². The molecular weight excluding hydrogens is 395 g/mol. The van der Waals surface area contributed by atoms with E-state index in [1.807, 2.05) is 6.92 Å². The lowest BCUT2D eigenvalue weighted by Gasteiger charge is -2.18. The molecule has 0 radical (unpaired) electrons. The highest BCUT2D eigenvalue weighted by Crippen LogP contribution is 1.89. The summed E-state index contributed by atoms with van der Waals surface area (Å²) < 4.78 is 10.4. The fraction of sp³-hybridized carbons (Fsp3) is 0.933. The van der Waals surface area contributed by atoms with Crippen LogP contribution in [-0.2, 0) is 9.47 Å². The van der Waals surface area contributed by atoms with Crippen LogP contribution >= 0.6 is 24.0 Å². The minimum Gasteiger partial charge on any atom is -0.385 e. The summed E-state index contributed by atoms with van der Waals surface area (Å²) in [7, 11) is 5.67. The minimum absolute atomic E-state index is 0. The molecule has 0 heterocycles. The van der Waals surface area contributed by atoms with Gasteiger partial charge in [0.05, 0.1) is 0 Å². The number of halogens is 1. The molecule has 0 spiro atoms.